The van der Waals surface area contributed by atoms with E-state index in [9.17, 15) is 19.5 Å². The number of likely N-dealkylation sites (N-methyl/N-ethyl adjacent to an activating group) is 2. The molecule has 0 spiro atoms. The average Bonchev–Trinajstić information content (AvgIpc) is 3.15. The first-order chi connectivity index (χ1) is 15.8. The molecule has 4 atom stereocenters. The second-order valence-electron chi connectivity index (χ2n) is 10.9. The van der Waals surface area contributed by atoms with Gasteiger partial charge in [0.05, 0.1) is 12.1 Å². The minimum atomic E-state index is -1.01. The van der Waals surface area contributed by atoms with E-state index in [0.29, 0.717) is 0 Å². The van der Waals surface area contributed by atoms with Crippen molar-refractivity contribution in [2.45, 2.75) is 72.0 Å². The van der Waals surface area contributed by atoms with E-state index in [2.05, 4.69) is 22.3 Å². The molecule has 1 saturated heterocycles. The summed E-state index contributed by atoms with van der Waals surface area (Å²) in [5, 5.41) is 12.4. The number of nitrogens with zero attached hydrogens (tertiary/aromatic N) is 2. The van der Waals surface area contributed by atoms with Crippen molar-refractivity contribution >= 4 is 17.8 Å². The van der Waals surface area contributed by atoms with Crippen molar-refractivity contribution < 1.29 is 19.5 Å². The fourth-order valence-corrected chi connectivity index (χ4v) is 4.68. The lowest BCUT2D eigenvalue weighted by molar-refractivity contribution is -0.141. The number of carbonyl (C=O) groups is 3. The maximum atomic E-state index is 13.7. The van der Waals surface area contributed by atoms with Crippen molar-refractivity contribution in [3.8, 4) is 0 Å². The third kappa shape index (κ3) is 6.47. The lowest BCUT2D eigenvalue weighted by Crippen LogP contribution is -2.59. The Morgan fingerprint density at radius 1 is 1.18 bits per heavy atom. The average molecular weight is 472 g/mol. The monoisotopic (exact) mass is 471 g/mol. The van der Waals surface area contributed by atoms with Crippen LogP contribution in [0.1, 0.15) is 59.4 Å². The van der Waals surface area contributed by atoms with Crippen LogP contribution in [0.2, 0.25) is 0 Å². The van der Waals surface area contributed by atoms with E-state index in [1.165, 1.54) is 6.92 Å². The van der Waals surface area contributed by atoms with Crippen molar-refractivity contribution in [3.63, 3.8) is 0 Å². The van der Waals surface area contributed by atoms with Crippen LogP contribution >= 0.6 is 0 Å². The fourth-order valence-electron chi connectivity index (χ4n) is 4.68. The van der Waals surface area contributed by atoms with Gasteiger partial charge in [0.2, 0.25) is 11.8 Å². The van der Waals surface area contributed by atoms with Crippen LogP contribution in [-0.2, 0) is 14.4 Å². The van der Waals surface area contributed by atoms with Gasteiger partial charge in [-0.05, 0) is 43.8 Å². The molecule has 2 amide bonds. The molecule has 0 aliphatic carbocycles. The molecule has 0 aromatic heterocycles. The van der Waals surface area contributed by atoms with Crippen LogP contribution in [0.15, 0.2) is 42.0 Å². The molecule has 1 heterocycles. The number of aliphatic carboxylic acids is 1. The number of benzene rings is 1. The minimum Gasteiger partial charge on any atom is -0.478 e. The van der Waals surface area contributed by atoms with Crippen molar-refractivity contribution in [1.29, 1.82) is 0 Å². The van der Waals surface area contributed by atoms with E-state index in [1.54, 1.807) is 18.0 Å². The molecule has 1 aromatic carbocycles. The number of amides is 2. The largest absolute Gasteiger partial charge is 0.478 e. The molecule has 34 heavy (non-hydrogen) atoms. The summed E-state index contributed by atoms with van der Waals surface area (Å²) >= 11 is 0. The lowest BCUT2D eigenvalue weighted by atomic mass is 9.84. The number of likely N-dealkylation sites (tertiary alicyclic amines) is 1. The van der Waals surface area contributed by atoms with E-state index in [-0.39, 0.29) is 35.3 Å². The van der Waals surface area contributed by atoms with Gasteiger partial charge in [0.15, 0.2) is 0 Å². The van der Waals surface area contributed by atoms with Crippen LogP contribution in [0, 0.1) is 11.3 Å². The van der Waals surface area contributed by atoms with Gasteiger partial charge in [-0.1, -0.05) is 71.0 Å². The molecule has 1 fully saturated rings. The molecule has 1 aromatic rings. The summed E-state index contributed by atoms with van der Waals surface area (Å²) in [7, 11) is 3.62. The highest BCUT2D eigenvalue weighted by Gasteiger charge is 2.42. The Balaban J connectivity index is 2.31. The Morgan fingerprint density at radius 2 is 1.76 bits per heavy atom. The van der Waals surface area contributed by atoms with Crippen LogP contribution in [0.3, 0.4) is 0 Å². The molecular weight excluding hydrogens is 430 g/mol. The number of rotatable bonds is 8. The molecule has 2 N–H and O–H groups in total. The van der Waals surface area contributed by atoms with Gasteiger partial charge in [0.25, 0.3) is 0 Å². The third-order valence-corrected chi connectivity index (χ3v) is 6.78. The predicted octanol–water partition coefficient (Wildman–Crippen LogP) is 3.52. The third-order valence-electron chi connectivity index (χ3n) is 6.78. The maximum absolute atomic E-state index is 13.7. The summed E-state index contributed by atoms with van der Waals surface area (Å²) in [5.41, 5.74) is 0.776. The van der Waals surface area contributed by atoms with E-state index in [4.69, 9.17) is 0 Å². The van der Waals surface area contributed by atoms with Crippen LogP contribution in [-0.4, -0.2) is 71.5 Å². The van der Waals surface area contributed by atoms with Crippen LogP contribution in [0.4, 0.5) is 0 Å². The Kier molecular flexibility index (Phi) is 9.06. The first kappa shape index (κ1) is 27.6. The zero-order valence-corrected chi connectivity index (χ0v) is 21.8. The van der Waals surface area contributed by atoms with E-state index >= 15 is 0 Å². The van der Waals surface area contributed by atoms with Crippen LogP contribution in [0.5, 0.6) is 0 Å². The summed E-state index contributed by atoms with van der Waals surface area (Å²) in [6.07, 6.45) is 2.49. The molecular formula is C27H41N3O4. The molecule has 7 nitrogen and oxygen atoms in total. The number of hydrogen-bond acceptors (Lipinski definition) is 4. The zero-order valence-electron chi connectivity index (χ0n) is 21.8. The molecule has 0 radical (unpaired) electrons. The second-order valence-corrected chi connectivity index (χ2v) is 10.9. The van der Waals surface area contributed by atoms with Gasteiger partial charge in [0, 0.05) is 18.5 Å². The predicted molar refractivity (Wildman–Crippen MR) is 134 cm³/mol. The SMILES string of the molecule is C/C(=C\[C@H](C(C)C)N(C)C(=O)[C@@H](NC(=O)[C@@H]1[C@@H](c2ccccc2)CCN1C)C(C)(C)C)C(=O)O. The molecule has 1 aliphatic heterocycles. The number of nitrogens with one attached hydrogen (secondary N) is 1. The Labute approximate surface area is 204 Å². The van der Waals surface area contributed by atoms with Crippen molar-refractivity contribution in [3.05, 3.63) is 47.5 Å². The smallest absolute Gasteiger partial charge is 0.331 e. The zero-order chi connectivity index (χ0) is 25.8. The number of hydrogen-bond donors (Lipinski definition) is 2. The molecule has 0 bridgehead atoms. The van der Waals surface area contributed by atoms with Crippen molar-refractivity contribution in [2.24, 2.45) is 11.3 Å². The van der Waals surface area contributed by atoms with Gasteiger partial charge in [-0.25, -0.2) is 4.79 Å². The molecule has 7 heteroatoms. The summed E-state index contributed by atoms with van der Waals surface area (Å²) in [4.78, 5) is 42.3. The van der Waals surface area contributed by atoms with E-state index in [0.717, 1.165) is 18.5 Å². The Bertz CT molecular complexity index is 904. The minimum absolute atomic E-state index is 0.00277. The number of carboxylic acids is 1. The molecule has 0 saturated carbocycles. The lowest BCUT2D eigenvalue weighted by Gasteiger charge is -2.38. The Hall–Kier alpha value is -2.67. The summed E-state index contributed by atoms with van der Waals surface area (Å²) in [5.74, 6) is -1.34. The molecule has 2 rings (SSSR count). The topological polar surface area (TPSA) is 90.0 Å². The van der Waals surface area contributed by atoms with Crippen molar-refractivity contribution in [2.75, 3.05) is 20.6 Å². The fraction of sp³-hybridized carbons (Fsp3) is 0.593. The first-order valence-electron chi connectivity index (χ1n) is 12.0. The second kappa shape index (κ2) is 11.2. The van der Waals surface area contributed by atoms with Gasteiger partial charge in [-0.15, -0.1) is 0 Å². The standard InChI is InChI=1S/C27H41N3O4/c1-17(2)21(16-18(3)26(33)34)30(8)25(32)23(27(4,5)6)28-24(31)22-20(14-15-29(22)7)19-12-10-9-11-13-19/h9-13,16-17,20-23H,14-15H2,1-8H3,(H,28,31)(H,33,34)/b18-16+/t20-,21-,22+,23-/m1/s1. The van der Waals surface area contributed by atoms with Gasteiger partial charge < -0.3 is 15.3 Å². The number of carboxylic acid groups (broad SMARTS) is 1. The Morgan fingerprint density at radius 3 is 2.26 bits per heavy atom. The highest BCUT2D eigenvalue weighted by atomic mass is 16.4. The molecule has 0 unspecified atom stereocenters. The molecule has 188 valence electrons. The summed E-state index contributed by atoms with van der Waals surface area (Å²) < 4.78 is 0. The van der Waals surface area contributed by atoms with E-state index < -0.39 is 23.5 Å². The highest BCUT2D eigenvalue weighted by molar-refractivity contribution is 5.91. The summed E-state index contributed by atoms with van der Waals surface area (Å²) in [6.45, 7) is 12.0. The maximum Gasteiger partial charge on any atom is 0.331 e. The van der Waals surface area contributed by atoms with Crippen molar-refractivity contribution in [1.82, 2.24) is 15.1 Å². The van der Waals surface area contributed by atoms with E-state index in [1.807, 2.05) is 59.9 Å². The van der Waals surface area contributed by atoms with Crippen LogP contribution < -0.4 is 5.32 Å². The molecule has 1 aliphatic rings. The first-order valence-corrected chi connectivity index (χ1v) is 12.0. The van der Waals surface area contributed by atoms with Gasteiger partial charge in [0.1, 0.15) is 6.04 Å². The van der Waals surface area contributed by atoms with Gasteiger partial charge in [-0.2, -0.15) is 0 Å². The quantitative estimate of drug-likeness (QED) is 0.566. The van der Waals surface area contributed by atoms with Gasteiger partial charge in [-0.3, -0.25) is 14.5 Å². The van der Waals surface area contributed by atoms with Crippen LogP contribution in [0.25, 0.3) is 0 Å². The normalized spacial score (nSPS) is 21.3. The summed E-state index contributed by atoms with van der Waals surface area (Å²) in [6, 6.07) is 8.51. The highest BCUT2D eigenvalue weighted by Crippen LogP contribution is 2.33. The van der Waals surface area contributed by atoms with Gasteiger partial charge >= 0.3 is 5.97 Å². The number of carbonyl (C=O) groups excluding carboxylic acids is 2.